The second kappa shape index (κ2) is 9.62. The van der Waals surface area contributed by atoms with Crippen molar-refractivity contribution in [2.45, 2.75) is 25.3 Å². The standard InChI is InChI=1S/C22H27FN2O2/c1-27-17-22(26)25(20-9-7-19(23)8-10-20)21-12-15-24(16-13-21)14-11-18-5-3-2-4-6-18/h2-10,21H,11-17H2,1H3. The molecule has 0 spiro atoms. The van der Waals surface area contributed by atoms with Gasteiger partial charge < -0.3 is 14.5 Å². The molecule has 5 heteroatoms. The van der Waals surface area contributed by atoms with Crippen molar-refractivity contribution in [3.63, 3.8) is 0 Å². The van der Waals surface area contributed by atoms with E-state index in [-0.39, 0.29) is 24.4 Å². The fourth-order valence-corrected chi connectivity index (χ4v) is 3.69. The molecule has 0 unspecified atom stereocenters. The molecule has 2 aromatic carbocycles. The lowest BCUT2D eigenvalue weighted by atomic mass is 10.0. The molecule has 1 saturated heterocycles. The third kappa shape index (κ3) is 5.37. The molecule has 0 atom stereocenters. The summed E-state index contributed by atoms with van der Waals surface area (Å²) < 4.78 is 18.3. The zero-order valence-corrected chi connectivity index (χ0v) is 15.8. The number of carbonyl (C=O) groups excluding carboxylic acids is 1. The van der Waals surface area contributed by atoms with E-state index in [1.165, 1.54) is 24.8 Å². The van der Waals surface area contributed by atoms with Crippen LogP contribution in [0.1, 0.15) is 18.4 Å². The van der Waals surface area contributed by atoms with Crippen molar-refractivity contribution >= 4 is 11.6 Å². The third-order valence-corrected chi connectivity index (χ3v) is 5.12. The fourth-order valence-electron chi connectivity index (χ4n) is 3.69. The van der Waals surface area contributed by atoms with Gasteiger partial charge in [-0.1, -0.05) is 30.3 Å². The van der Waals surface area contributed by atoms with E-state index in [9.17, 15) is 9.18 Å². The van der Waals surface area contributed by atoms with E-state index in [0.29, 0.717) is 0 Å². The zero-order chi connectivity index (χ0) is 19.1. The number of rotatable bonds is 7. The van der Waals surface area contributed by atoms with Gasteiger partial charge in [-0.2, -0.15) is 0 Å². The molecular formula is C22H27FN2O2. The maximum atomic E-state index is 13.3. The normalized spacial score (nSPS) is 15.6. The molecule has 0 saturated carbocycles. The van der Waals surface area contributed by atoms with E-state index in [4.69, 9.17) is 4.74 Å². The Kier molecular flexibility index (Phi) is 6.96. The number of ether oxygens (including phenoxy) is 1. The first-order valence-electron chi connectivity index (χ1n) is 9.50. The van der Waals surface area contributed by atoms with Crippen LogP contribution in [0.3, 0.4) is 0 Å². The quantitative estimate of drug-likeness (QED) is 0.748. The van der Waals surface area contributed by atoms with Crippen LogP contribution in [0.15, 0.2) is 54.6 Å². The summed E-state index contributed by atoms with van der Waals surface area (Å²) in [6.45, 7) is 2.97. The van der Waals surface area contributed by atoms with Crippen molar-refractivity contribution in [2.75, 3.05) is 38.3 Å². The average molecular weight is 370 g/mol. The summed E-state index contributed by atoms with van der Waals surface area (Å²) in [5, 5.41) is 0. The van der Waals surface area contributed by atoms with Gasteiger partial charge in [0, 0.05) is 38.5 Å². The average Bonchev–Trinajstić information content (AvgIpc) is 2.70. The molecule has 0 N–H and O–H groups in total. The van der Waals surface area contributed by atoms with E-state index >= 15 is 0 Å². The number of likely N-dealkylation sites (tertiary alicyclic amines) is 1. The first-order valence-corrected chi connectivity index (χ1v) is 9.50. The van der Waals surface area contributed by atoms with E-state index in [2.05, 4.69) is 29.2 Å². The van der Waals surface area contributed by atoms with Crippen molar-refractivity contribution in [1.29, 1.82) is 0 Å². The van der Waals surface area contributed by atoms with Gasteiger partial charge in [-0.05, 0) is 49.1 Å². The van der Waals surface area contributed by atoms with Crippen molar-refractivity contribution < 1.29 is 13.9 Å². The van der Waals surface area contributed by atoms with Gasteiger partial charge in [-0.3, -0.25) is 4.79 Å². The van der Waals surface area contributed by atoms with Gasteiger partial charge >= 0.3 is 0 Å². The molecule has 144 valence electrons. The molecule has 0 aromatic heterocycles. The summed E-state index contributed by atoms with van der Waals surface area (Å²) >= 11 is 0. The minimum absolute atomic E-state index is 0.0333. The van der Waals surface area contributed by atoms with E-state index in [1.807, 2.05) is 6.07 Å². The van der Waals surface area contributed by atoms with Crippen molar-refractivity contribution in [3.05, 3.63) is 66.0 Å². The van der Waals surface area contributed by atoms with E-state index in [0.717, 1.165) is 44.6 Å². The van der Waals surface area contributed by atoms with Crippen LogP contribution >= 0.6 is 0 Å². The lowest BCUT2D eigenvalue weighted by Crippen LogP contribution is -2.49. The predicted octanol–water partition coefficient (Wildman–Crippen LogP) is 3.51. The second-order valence-corrected chi connectivity index (χ2v) is 6.98. The summed E-state index contributed by atoms with van der Waals surface area (Å²) in [5.74, 6) is -0.375. The molecule has 27 heavy (non-hydrogen) atoms. The first-order chi connectivity index (χ1) is 13.2. The molecule has 2 aromatic rings. The summed E-state index contributed by atoms with van der Waals surface area (Å²) in [6, 6.07) is 16.8. The van der Waals surface area contributed by atoms with Crippen LogP contribution in [-0.2, 0) is 16.0 Å². The Hall–Kier alpha value is -2.24. The van der Waals surface area contributed by atoms with Crippen LogP contribution in [0.4, 0.5) is 10.1 Å². The van der Waals surface area contributed by atoms with Crippen LogP contribution in [0, 0.1) is 5.82 Å². The molecule has 1 heterocycles. The number of nitrogens with zero attached hydrogens (tertiary/aromatic N) is 2. The molecule has 0 bridgehead atoms. The van der Waals surface area contributed by atoms with Crippen molar-refractivity contribution in [3.8, 4) is 0 Å². The lowest BCUT2D eigenvalue weighted by molar-refractivity contribution is -0.122. The van der Waals surface area contributed by atoms with Gasteiger partial charge in [-0.25, -0.2) is 4.39 Å². The molecule has 0 aliphatic carbocycles. The molecular weight excluding hydrogens is 343 g/mol. The molecule has 0 radical (unpaired) electrons. The highest BCUT2D eigenvalue weighted by molar-refractivity contribution is 5.94. The van der Waals surface area contributed by atoms with Crippen LogP contribution in [-0.4, -0.2) is 50.2 Å². The molecule has 1 amide bonds. The minimum atomic E-state index is -0.298. The van der Waals surface area contributed by atoms with Crippen LogP contribution < -0.4 is 4.90 Å². The molecule has 1 aliphatic heterocycles. The van der Waals surface area contributed by atoms with Gasteiger partial charge in [0.25, 0.3) is 5.91 Å². The van der Waals surface area contributed by atoms with Gasteiger partial charge in [0.15, 0.2) is 0 Å². The number of benzene rings is 2. The number of carbonyl (C=O) groups is 1. The highest BCUT2D eigenvalue weighted by Crippen LogP contribution is 2.24. The Morgan fingerprint density at radius 1 is 1.11 bits per heavy atom. The predicted molar refractivity (Wildman–Crippen MR) is 105 cm³/mol. The number of hydrogen-bond donors (Lipinski definition) is 0. The summed E-state index contributed by atoms with van der Waals surface area (Å²) in [6.07, 6.45) is 2.85. The van der Waals surface area contributed by atoms with Crippen LogP contribution in [0.5, 0.6) is 0 Å². The van der Waals surface area contributed by atoms with Crippen molar-refractivity contribution in [1.82, 2.24) is 4.90 Å². The molecule has 3 rings (SSSR count). The largest absolute Gasteiger partial charge is 0.375 e. The van der Waals surface area contributed by atoms with Gasteiger partial charge in [0.05, 0.1) is 0 Å². The molecule has 1 aliphatic rings. The minimum Gasteiger partial charge on any atom is -0.375 e. The monoisotopic (exact) mass is 370 g/mol. The Bertz CT molecular complexity index is 713. The fraction of sp³-hybridized carbons (Fsp3) is 0.409. The zero-order valence-electron chi connectivity index (χ0n) is 15.8. The number of amides is 1. The summed E-state index contributed by atoms with van der Waals surface area (Å²) in [7, 11) is 1.52. The highest BCUT2D eigenvalue weighted by Gasteiger charge is 2.29. The molecule has 4 nitrogen and oxygen atoms in total. The van der Waals surface area contributed by atoms with E-state index < -0.39 is 0 Å². The number of halogens is 1. The van der Waals surface area contributed by atoms with Crippen LogP contribution in [0.25, 0.3) is 0 Å². The Morgan fingerprint density at radius 3 is 2.41 bits per heavy atom. The Balaban J connectivity index is 1.60. The highest BCUT2D eigenvalue weighted by atomic mass is 19.1. The smallest absolute Gasteiger partial charge is 0.253 e. The SMILES string of the molecule is COCC(=O)N(c1ccc(F)cc1)C1CCN(CCc2ccccc2)CC1. The van der Waals surface area contributed by atoms with E-state index in [1.54, 1.807) is 17.0 Å². The first kappa shape index (κ1) is 19.5. The van der Waals surface area contributed by atoms with Gasteiger partial charge in [0.1, 0.15) is 12.4 Å². The number of piperidine rings is 1. The molecule has 1 fully saturated rings. The van der Waals surface area contributed by atoms with Crippen LogP contribution in [0.2, 0.25) is 0 Å². The van der Waals surface area contributed by atoms with Gasteiger partial charge in [-0.15, -0.1) is 0 Å². The Labute approximate surface area is 160 Å². The lowest BCUT2D eigenvalue weighted by Gasteiger charge is -2.38. The maximum absolute atomic E-state index is 13.3. The topological polar surface area (TPSA) is 32.8 Å². The summed E-state index contributed by atoms with van der Waals surface area (Å²) in [4.78, 5) is 16.9. The number of hydrogen-bond acceptors (Lipinski definition) is 3. The summed E-state index contributed by atoms with van der Waals surface area (Å²) in [5.41, 5.74) is 2.09. The second-order valence-electron chi connectivity index (χ2n) is 6.98. The Morgan fingerprint density at radius 2 is 1.78 bits per heavy atom. The maximum Gasteiger partial charge on any atom is 0.253 e. The van der Waals surface area contributed by atoms with Crippen molar-refractivity contribution in [2.24, 2.45) is 0 Å². The third-order valence-electron chi connectivity index (χ3n) is 5.12. The number of anilines is 1. The number of methoxy groups -OCH3 is 1. The van der Waals surface area contributed by atoms with Gasteiger partial charge in [0.2, 0.25) is 0 Å².